The molecule has 2 aliphatic rings. The lowest BCUT2D eigenvalue weighted by molar-refractivity contribution is 0.0576. The number of nitrogens with zero attached hydrogens (tertiary/aromatic N) is 2. The molecule has 0 radical (unpaired) electrons. The Hall–Kier alpha value is -1.62. The second-order valence-electron chi connectivity index (χ2n) is 7.53. The molecule has 1 aromatic heterocycles. The monoisotopic (exact) mass is 317 g/mol. The van der Waals surface area contributed by atoms with Gasteiger partial charge >= 0.3 is 6.09 Å². The van der Waals surface area contributed by atoms with Crippen LogP contribution >= 0.6 is 0 Å². The lowest BCUT2D eigenvalue weighted by Gasteiger charge is -2.27. The fourth-order valence-electron chi connectivity index (χ4n) is 2.96. The maximum atomic E-state index is 12.5. The minimum absolute atomic E-state index is 0.232. The largest absolute Gasteiger partial charge is 0.443 e. The molecule has 5 nitrogen and oxygen atoms in total. The van der Waals surface area contributed by atoms with Crippen molar-refractivity contribution < 1.29 is 9.53 Å². The SMILES string of the molecule is CC(C)(C)OC(=O)N(c1ccc([C@@H]2CCCCN2)cn1)C1CC1. The van der Waals surface area contributed by atoms with Crippen molar-refractivity contribution in [1.82, 2.24) is 10.3 Å². The molecule has 1 amide bonds. The van der Waals surface area contributed by atoms with Crippen molar-refractivity contribution >= 4 is 11.9 Å². The summed E-state index contributed by atoms with van der Waals surface area (Å²) in [5, 5.41) is 3.53. The average Bonchev–Trinajstić information content (AvgIpc) is 3.32. The van der Waals surface area contributed by atoms with Gasteiger partial charge in [0, 0.05) is 18.3 Å². The lowest BCUT2D eigenvalue weighted by atomic mass is 9.99. The standard InChI is InChI=1S/C18H27N3O2/c1-18(2,3)23-17(22)21(14-8-9-14)16-10-7-13(12-20-16)15-6-4-5-11-19-15/h7,10,12,14-15,19H,4-6,8-9,11H2,1-3H3/t15-/m0/s1. The first-order valence-corrected chi connectivity index (χ1v) is 8.65. The average molecular weight is 317 g/mol. The minimum Gasteiger partial charge on any atom is -0.443 e. The Balaban J connectivity index is 1.73. The smallest absolute Gasteiger partial charge is 0.416 e. The van der Waals surface area contributed by atoms with Crippen LogP contribution in [0, 0.1) is 0 Å². The van der Waals surface area contributed by atoms with Crippen LogP contribution in [0.25, 0.3) is 0 Å². The Bertz CT molecular complexity index is 540. The molecule has 2 heterocycles. The van der Waals surface area contributed by atoms with Crippen molar-refractivity contribution in [2.75, 3.05) is 11.4 Å². The number of aromatic nitrogens is 1. The second-order valence-corrected chi connectivity index (χ2v) is 7.53. The molecular formula is C18H27N3O2. The predicted octanol–water partition coefficient (Wildman–Crippen LogP) is 3.80. The number of nitrogens with one attached hydrogen (secondary N) is 1. The first-order valence-electron chi connectivity index (χ1n) is 8.65. The Morgan fingerprint density at radius 2 is 2.04 bits per heavy atom. The number of carbonyl (C=O) groups is 1. The molecule has 1 aromatic rings. The number of pyridine rings is 1. The third-order valence-electron chi connectivity index (χ3n) is 4.23. The molecule has 5 heteroatoms. The van der Waals surface area contributed by atoms with E-state index in [1.54, 1.807) is 4.90 Å². The van der Waals surface area contributed by atoms with Crippen LogP contribution in [0.5, 0.6) is 0 Å². The summed E-state index contributed by atoms with van der Waals surface area (Å²) in [6.07, 6.45) is 7.30. The first kappa shape index (κ1) is 16.2. The summed E-state index contributed by atoms with van der Waals surface area (Å²) in [7, 11) is 0. The number of ether oxygens (including phenoxy) is 1. The molecule has 2 fully saturated rings. The Morgan fingerprint density at radius 3 is 2.57 bits per heavy atom. The number of anilines is 1. The zero-order chi connectivity index (χ0) is 16.4. The summed E-state index contributed by atoms with van der Waals surface area (Å²) in [5.74, 6) is 0.696. The molecule has 0 spiro atoms. The number of rotatable bonds is 3. The highest BCUT2D eigenvalue weighted by atomic mass is 16.6. The normalized spacial score (nSPS) is 21.8. The summed E-state index contributed by atoms with van der Waals surface area (Å²) in [6.45, 7) is 6.74. The molecule has 0 bridgehead atoms. The highest BCUT2D eigenvalue weighted by Gasteiger charge is 2.37. The second kappa shape index (κ2) is 6.48. The minimum atomic E-state index is -0.490. The van der Waals surface area contributed by atoms with Crippen LogP contribution in [0.1, 0.15) is 64.5 Å². The van der Waals surface area contributed by atoms with Gasteiger partial charge < -0.3 is 10.1 Å². The maximum absolute atomic E-state index is 12.5. The van der Waals surface area contributed by atoms with E-state index in [-0.39, 0.29) is 12.1 Å². The van der Waals surface area contributed by atoms with Crippen molar-refractivity contribution in [3.05, 3.63) is 23.9 Å². The number of piperidine rings is 1. The van der Waals surface area contributed by atoms with E-state index < -0.39 is 5.60 Å². The van der Waals surface area contributed by atoms with E-state index in [4.69, 9.17) is 4.74 Å². The van der Waals surface area contributed by atoms with Crippen LogP contribution < -0.4 is 10.2 Å². The molecule has 1 saturated heterocycles. The number of amides is 1. The van der Waals surface area contributed by atoms with Gasteiger partial charge in [-0.3, -0.25) is 4.90 Å². The molecule has 3 rings (SSSR count). The van der Waals surface area contributed by atoms with Crippen molar-refractivity contribution in [2.45, 2.75) is 70.6 Å². The zero-order valence-corrected chi connectivity index (χ0v) is 14.3. The molecule has 1 saturated carbocycles. The van der Waals surface area contributed by atoms with Crippen molar-refractivity contribution in [1.29, 1.82) is 0 Å². The fraction of sp³-hybridized carbons (Fsp3) is 0.667. The highest BCUT2D eigenvalue weighted by molar-refractivity contribution is 5.88. The van der Waals surface area contributed by atoms with Crippen LogP contribution in [-0.2, 0) is 4.74 Å². The van der Waals surface area contributed by atoms with E-state index in [0.29, 0.717) is 11.9 Å². The number of carbonyl (C=O) groups excluding carboxylic acids is 1. The van der Waals surface area contributed by atoms with Gasteiger partial charge in [-0.1, -0.05) is 12.5 Å². The van der Waals surface area contributed by atoms with E-state index in [1.165, 1.54) is 18.4 Å². The molecule has 1 aliphatic carbocycles. The van der Waals surface area contributed by atoms with Crippen LogP contribution in [-0.4, -0.2) is 29.3 Å². The topological polar surface area (TPSA) is 54.5 Å². The molecule has 23 heavy (non-hydrogen) atoms. The molecule has 0 unspecified atom stereocenters. The molecule has 126 valence electrons. The lowest BCUT2D eigenvalue weighted by Crippen LogP contribution is -2.38. The van der Waals surface area contributed by atoms with Gasteiger partial charge in [0.15, 0.2) is 0 Å². The molecule has 0 aromatic carbocycles. The van der Waals surface area contributed by atoms with Gasteiger partial charge in [0.25, 0.3) is 0 Å². The maximum Gasteiger partial charge on any atom is 0.416 e. The van der Waals surface area contributed by atoms with Crippen LogP contribution in [0.3, 0.4) is 0 Å². The van der Waals surface area contributed by atoms with Crippen LogP contribution in [0.4, 0.5) is 10.6 Å². The van der Waals surface area contributed by atoms with Crippen LogP contribution in [0.2, 0.25) is 0 Å². The van der Waals surface area contributed by atoms with Crippen molar-refractivity contribution in [3.63, 3.8) is 0 Å². The van der Waals surface area contributed by atoms with E-state index in [0.717, 1.165) is 25.8 Å². The summed E-state index contributed by atoms with van der Waals surface area (Å²) in [4.78, 5) is 18.7. The summed E-state index contributed by atoms with van der Waals surface area (Å²) < 4.78 is 5.54. The highest BCUT2D eigenvalue weighted by Crippen LogP contribution is 2.33. The Kier molecular flexibility index (Phi) is 4.57. The molecule has 1 N–H and O–H groups in total. The predicted molar refractivity (Wildman–Crippen MR) is 90.6 cm³/mol. The van der Waals surface area contributed by atoms with Crippen LogP contribution in [0.15, 0.2) is 18.3 Å². The summed E-state index contributed by atoms with van der Waals surface area (Å²) >= 11 is 0. The van der Waals surface area contributed by atoms with Gasteiger partial charge in [0.05, 0.1) is 0 Å². The van der Waals surface area contributed by atoms with Crippen molar-refractivity contribution in [2.24, 2.45) is 0 Å². The zero-order valence-electron chi connectivity index (χ0n) is 14.3. The Morgan fingerprint density at radius 1 is 1.26 bits per heavy atom. The van der Waals surface area contributed by atoms with E-state index in [1.807, 2.05) is 33.0 Å². The van der Waals surface area contributed by atoms with Crippen molar-refractivity contribution in [3.8, 4) is 0 Å². The van der Waals surface area contributed by atoms with E-state index >= 15 is 0 Å². The van der Waals surface area contributed by atoms with Gasteiger partial charge in [-0.2, -0.15) is 0 Å². The quantitative estimate of drug-likeness (QED) is 0.921. The van der Waals surface area contributed by atoms with Gasteiger partial charge in [0.1, 0.15) is 11.4 Å². The third-order valence-corrected chi connectivity index (χ3v) is 4.23. The summed E-state index contributed by atoms with van der Waals surface area (Å²) in [5.41, 5.74) is 0.712. The molecule has 1 atom stereocenters. The molecule has 1 aliphatic heterocycles. The first-order chi connectivity index (χ1) is 10.9. The van der Waals surface area contributed by atoms with Gasteiger partial charge in [-0.25, -0.2) is 9.78 Å². The number of hydrogen-bond donors (Lipinski definition) is 1. The molecular weight excluding hydrogens is 290 g/mol. The van der Waals surface area contributed by atoms with Gasteiger partial charge in [0.2, 0.25) is 0 Å². The van der Waals surface area contributed by atoms with Gasteiger partial charge in [-0.15, -0.1) is 0 Å². The Labute approximate surface area is 138 Å². The van der Waals surface area contributed by atoms with Gasteiger partial charge in [-0.05, 0) is 64.6 Å². The van der Waals surface area contributed by atoms with E-state index in [9.17, 15) is 4.79 Å². The van der Waals surface area contributed by atoms with E-state index in [2.05, 4.69) is 16.4 Å². The number of hydrogen-bond acceptors (Lipinski definition) is 4. The summed E-state index contributed by atoms with van der Waals surface area (Å²) in [6, 6.07) is 4.66. The fourth-order valence-corrected chi connectivity index (χ4v) is 2.96. The third kappa shape index (κ3) is 4.22.